The zero-order chi connectivity index (χ0) is 29.1. The van der Waals surface area contributed by atoms with Crippen LogP contribution >= 0.6 is 0 Å². The fraction of sp³-hybridized carbons (Fsp3) is 0.387. The summed E-state index contributed by atoms with van der Waals surface area (Å²) in [5, 5.41) is 12.3. The lowest BCUT2D eigenvalue weighted by molar-refractivity contribution is -0.124. The minimum atomic E-state index is -3.98. The highest BCUT2D eigenvalue weighted by atomic mass is 32.2. The first kappa shape index (κ1) is 31.3. The maximum Gasteiger partial charge on any atom is 0.244 e. The lowest BCUT2D eigenvalue weighted by Gasteiger charge is -2.34. The van der Waals surface area contributed by atoms with Crippen LogP contribution in [0.15, 0.2) is 89.8 Å². The van der Waals surface area contributed by atoms with Gasteiger partial charge >= 0.3 is 0 Å². The summed E-state index contributed by atoms with van der Waals surface area (Å²) in [5.74, 6) is -0.869. The van der Waals surface area contributed by atoms with E-state index in [0.717, 1.165) is 11.1 Å². The number of nitrogens with two attached hydrogens (primary N) is 2. The van der Waals surface area contributed by atoms with Gasteiger partial charge < -0.3 is 21.9 Å². The smallest absolute Gasteiger partial charge is 0.244 e. The van der Waals surface area contributed by atoms with E-state index in [1.807, 2.05) is 74.5 Å². The molecule has 0 bridgehead atoms. The Balaban J connectivity index is 1.97. The van der Waals surface area contributed by atoms with Crippen molar-refractivity contribution in [3.8, 4) is 0 Å². The largest absolute Gasteiger partial charge is 0.399 e. The third kappa shape index (κ3) is 8.38. The number of benzene rings is 3. The quantitative estimate of drug-likeness (QED) is 0.124. The molecule has 0 unspecified atom stereocenters. The fourth-order valence-electron chi connectivity index (χ4n) is 4.78. The molecule has 216 valence electrons. The summed E-state index contributed by atoms with van der Waals surface area (Å²) < 4.78 is 29.2. The molecule has 0 saturated heterocycles. The Morgan fingerprint density at radius 1 is 0.875 bits per heavy atom. The Morgan fingerprint density at radius 3 is 1.93 bits per heavy atom. The molecule has 0 aliphatic rings. The second kappa shape index (κ2) is 14.9. The SMILES string of the molecule is CC(C)CN([C@@H](CCCCCO)NC(=O)[C@@H](N)C(c1ccccc1)c1ccccc1)S(=O)(=O)c1ccc(N)cc1. The van der Waals surface area contributed by atoms with Gasteiger partial charge in [-0.15, -0.1) is 0 Å². The van der Waals surface area contributed by atoms with Crippen molar-refractivity contribution in [2.75, 3.05) is 18.9 Å². The van der Waals surface area contributed by atoms with E-state index in [2.05, 4.69) is 5.32 Å². The summed E-state index contributed by atoms with van der Waals surface area (Å²) in [6.07, 6.45) is 1.46. The van der Waals surface area contributed by atoms with Crippen LogP contribution in [0.2, 0.25) is 0 Å². The first-order valence-corrected chi connectivity index (χ1v) is 15.2. The second-order valence-corrected chi connectivity index (χ2v) is 12.4. The number of anilines is 1. The molecule has 0 heterocycles. The molecule has 40 heavy (non-hydrogen) atoms. The predicted molar refractivity (Wildman–Crippen MR) is 160 cm³/mol. The van der Waals surface area contributed by atoms with Crippen molar-refractivity contribution in [2.45, 2.75) is 62.6 Å². The summed E-state index contributed by atoms with van der Waals surface area (Å²) in [4.78, 5) is 13.9. The molecule has 0 aliphatic heterocycles. The predicted octanol–water partition coefficient (Wildman–Crippen LogP) is 4.07. The Kier molecular flexibility index (Phi) is 11.7. The van der Waals surface area contributed by atoms with Crippen LogP contribution in [0.5, 0.6) is 0 Å². The van der Waals surface area contributed by atoms with Crippen LogP contribution < -0.4 is 16.8 Å². The van der Waals surface area contributed by atoms with Crippen molar-refractivity contribution < 1.29 is 18.3 Å². The summed E-state index contributed by atoms with van der Waals surface area (Å²) in [6.45, 7) is 4.12. The van der Waals surface area contributed by atoms with Gasteiger partial charge in [0, 0.05) is 24.8 Å². The monoisotopic (exact) mass is 566 g/mol. The number of amides is 1. The number of carbonyl (C=O) groups excluding carboxylic acids is 1. The molecule has 0 radical (unpaired) electrons. The van der Waals surface area contributed by atoms with Crippen molar-refractivity contribution in [1.82, 2.24) is 9.62 Å². The van der Waals surface area contributed by atoms with Gasteiger partial charge in [0.25, 0.3) is 0 Å². The molecular formula is C31H42N4O4S. The number of nitrogens with zero attached hydrogens (tertiary/aromatic N) is 1. The maximum atomic E-state index is 13.9. The van der Waals surface area contributed by atoms with E-state index in [1.165, 1.54) is 16.4 Å². The van der Waals surface area contributed by atoms with Gasteiger partial charge in [-0.2, -0.15) is 4.31 Å². The van der Waals surface area contributed by atoms with Crippen LogP contribution in [0.1, 0.15) is 56.6 Å². The van der Waals surface area contributed by atoms with E-state index in [9.17, 15) is 18.3 Å². The molecule has 2 atom stereocenters. The molecule has 3 rings (SSSR count). The van der Waals surface area contributed by atoms with Crippen LogP contribution in [0, 0.1) is 5.92 Å². The number of hydrogen-bond donors (Lipinski definition) is 4. The summed E-state index contributed by atoms with van der Waals surface area (Å²) >= 11 is 0. The second-order valence-electron chi connectivity index (χ2n) is 10.5. The number of nitrogens with one attached hydrogen (secondary N) is 1. The minimum Gasteiger partial charge on any atom is -0.399 e. The Labute approximate surface area is 238 Å². The first-order chi connectivity index (χ1) is 19.1. The molecule has 0 saturated carbocycles. The highest BCUT2D eigenvalue weighted by molar-refractivity contribution is 7.89. The van der Waals surface area contributed by atoms with E-state index in [-0.39, 0.29) is 24.0 Å². The molecule has 1 amide bonds. The molecule has 8 nitrogen and oxygen atoms in total. The van der Waals surface area contributed by atoms with Crippen LogP contribution in [-0.2, 0) is 14.8 Å². The van der Waals surface area contributed by atoms with Crippen molar-refractivity contribution in [3.05, 3.63) is 96.1 Å². The fourth-order valence-corrected chi connectivity index (χ4v) is 6.52. The average molecular weight is 567 g/mol. The number of rotatable bonds is 15. The summed E-state index contributed by atoms with van der Waals surface area (Å²) in [7, 11) is -3.98. The topological polar surface area (TPSA) is 139 Å². The van der Waals surface area contributed by atoms with Crippen molar-refractivity contribution in [1.29, 1.82) is 0 Å². The molecule has 0 spiro atoms. The molecule has 0 aliphatic carbocycles. The molecule has 9 heteroatoms. The molecule has 3 aromatic rings. The zero-order valence-electron chi connectivity index (χ0n) is 23.3. The maximum absolute atomic E-state index is 13.9. The van der Waals surface area contributed by atoms with Gasteiger partial charge in [-0.1, -0.05) is 80.9 Å². The number of sulfonamides is 1. The average Bonchev–Trinajstić information content (AvgIpc) is 2.94. The number of nitrogen functional groups attached to an aromatic ring is 1. The van der Waals surface area contributed by atoms with Crippen molar-refractivity contribution >= 4 is 21.6 Å². The van der Waals surface area contributed by atoms with E-state index < -0.39 is 34.1 Å². The van der Waals surface area contributed by atoms with Gasteiger partial charge in [0.05, 0.1) is 17.1 Å². The Bertz CT molecular complexity index is 1250. The number of carbonyl (C=O) groups is 1. The standard InChI is InChI=1S/C31H42N4O4S/c1-23(2)22-35(40(38,39)27-19-17-26(32)18-20-27)28(16-10-5-11-21-36)34-31(37)30(33)29(24-12-6-3-7-13-24)25-14-8-4-9-15-25/h3-4,6-9,12-15,17-20,23,28-30,36H,5,10-11,16,21-22,32-33H2,1-2H3,(H,34,37)/t28-,30-/m0/s1. The molecular weight excluding hydrogens is 524 g/mol. The number of aliphatic hydroxyl groups is 1. The van der Waals surface area contributed by atoms with Crippen LogP contribution in [-0.4, -0.2) is 49.1 Å². The summed E-state index contributed by atoms with van der Waals surface area (Å²) in [5.41, 5.74) is 14.7. The molecule has 0 aromatic heterocycles. The number of unbranched alkanes of at least 4 members (excludes halogenated alkanes) is 2. The highest BCUT2D eigenvalue weighted by Gasteiger charge is 2.35. The van der Waals surface area contributed by atoms with E-state index >= 15 is 0 Å². The van der Waals surface area contributed by atoms with Crippen molar-refractivity contribution in [3.63, 3.8) is 0 Å². The number of hydrogen-bond acceptors (Lipinski definition) is 6. The van der Waals surface area contributed by atoms with E-state index in [4.69, 9.17) is 11.5 Å². The van der Waals surface area contributed by atoms with Gasteiger partial charge in [-0.3, -0.25) is 4.79 Å². The van der Waals surface area contributed by atoms with Crippen LogP contribution in [0.4, 0.5) is 5.69 Å². The highest BCUT2D eigenvalue weighted by Crippen LogP contribution is 2.28. The first-order valence-electron chi connectivity index (χ1n) is 13.8. The Morgan fingerprint density at radius 2 is 1.43 bits per heavy atom. The third-order valence-corrected chi connectivity index (χ3v) is 8.69. The Hall–Kier alpha value is -3.24. The third-order valence-electron chi connectivity index (χ3n) is 6.80. The zero-order valence-corrected chi connectivity index (χ0v) is 24.1. The minimum absolute atomic E-state index is 0.00420. The van der Waals surface area contributed by atoms with Gasteiger partial charge in [0.2, 0.25) is 15.9 Å². The van der Waals surface area contributed by atoms with E-state index in [1.54, 1.807) is 12.1 Å². The van der Waals surface area contributed by atoms with Gasteiger partial charge in [0.1, 0.15) is 0 Å². The van der Waals surface area contributed by atoms with Crippen LogP contribution in [0.3, 0.4) is 0 Å². The van der Waals surface area contributed by atoms with E-state index in [0.29, 0.717) is 31.4 Å². The van der Waals surface area contributed by atoms with Gasteiger partial charge in [0.15, 0.2) is 0 Å². The molecule has 6 N–H and O–H groups in total. The van der Waals surface area contributed by atoms with Crippen LogP contribution in [0.25, 0.3) is 0 Å². The number of aliphatic hydroxyl groups excluding tert-OH is 1. The molecule has 0 fully saturated rings. The normalized spacial score (nSPS) is 13.5. The lowest BCUT2D eigenvalue weighted by atomic mass is 9.85. The summed E-state index contributed by atoms with van der Waals surface area (Å²) in [6, 6.07) is 24.3. The lowest BCUT2D eigenvalue weighted by Crippen LogP contribution is -2.56. The van der Waals surface area contributed by atoms with Gasteiger partial charge in [-0.05, 0) is 60.6 Å². The molecule has 3 aromatic carbocycles. The van der Waals surface area contributed by atoms with Gasteiger partial charge in [-0.25, -0.2) is 8.42 Å². The van der Waals surface area contributed by atoms with Crippen molar-refractivity contribution in [2.24, 2.45) is 11.7 Å².